The standard InChI is InChI=1S/C28H37FN2/c1-3-20-31(21-18-23-11-6-5-7-12-23)25(4-2)17-19-28(22-30,24-13-10-14-24)26-15-8-9-16-27(26)29/h5-9,11-12,15-16,24-25H,3-4,10,13-14,17-21H2,1-2H3. The van der Waals surface area contributed by atoms with Crippen molar-refractivity contribution in [3.63, 3.8) is 0 Å². The SMILES string of the molecule is CCCN(CCc1ccccc1)C(CC)CCC(C#N)(c1ccccc1F)C1CCC1. The average Bonchev–Trinajstić information content (AvgIpc) is 2.76. The molecule has 2 nitrogen and oxygen atoms in total. The molecule has 0 aliphatic heterocycles. The molecule has 1 aliphatic rings. The van der Waals surface area contributed by atoms with Crippen LogP contribution in [0, 0.1) is 23.1 Å². The van der Waals surface area contributed by atoms with Gasteiger partial charge in [0.15, 0.2) is 0 Å². The van der Waals surface area contributed by atoms with E-state index in [1.54, 1.807) is 6.07 Å². The van der Waals surface area contributed by atoms with Gasteiger partial charge < -0.3 is 4.90 Å². The Kier molecular flexibility index (Phi) is 8.67. The van der Waals surface area contributed by atoms with Crippen molar-refractivity contribution < 1.29 is 4.39 Å². The summed E-state index contributed by atoms with van der Waals surface area (Å²) in [5, 5.41) is 10.3. The van der Waals surface area contributed by atoms with Crippen LogP contribution in [0.3, 0.4) is 0 Å². The van der Waals surface area contributed by atoms with Crippen LogP contribution < -0.4 is 0 Å². The Labute approximate surface area is 188 Å². The number of nitrogens with zero attached hydrogens (tertiary/aromatic N) is 2. The Balaban J connectivity index is 1.76. The minimum absolute atomic E-state index is 0.224. The Morgan fingerprint density at radius 3 is 2.35 bits per heavy atom. The number of nitriles is 1. The van der Waals surface area contributed by atoms with E-state index in [1.807, 2.05) is 12.1 Å². The van der Waals surface area contributed by atoms with Crippen LogP contribution in [0.25, 0.3) is 0 Å². The van der Waals surface area contributed by atoms with Crippen LogP contribution in [-0.2, 0) is 11.8 Å². The lowest BCUT2D eigenvalue weighted by Crippen LogP contribution is -2.42. The summed E-state index contributed by atoms with van der Waals surface area (Å²) >= 11 is 0. The first-order valence-corrected chi connectivity index (χ1v) is 12.1. The fraction of sp³-hybridized carbons (Fsp3) is 0.536. The third kappa shape index (κ3) is 5.55. The summed E-state index contributed by atoms with van der Waals surface area (Å²) in [5.41, 5.74) is 1.28. The third-order valence-corrected chi connectivity index (χ3v) is 7.26. The van der Waals surface area contributed by atoms with Gasteiger partial charge in [-0.2, -0.15) is 5.26 Å². The monoisotopic (exact) mass is 420 g/mol. The van der Waals surface area contributed by atoms with Crippen molar-refractivity contribution >= 4 is 0 Å². The Hall–Kier alpha value is -2.18. The van der Waals surface area contributed by atoms with Crippen LogP contribution in [-0.4, -0.2) is 24.0 Å². The van der Waals surface area contributed by atoms with E-state index in [0.717, 1.165) is 64.5 Å². The van der Waals surface area contributed by atoms with E-state index in [9.17, 15) is 9.65 Å². The molecule has 166 valence electrons. The molecule has 0 amide bonds. The predicted molar refractivity (Wildman–Crippen MR) is 126 cm³/mol. The maximum absolute atomic E-state index is 14.8. The highest BCUT2D eigenvalue weighted by Gasteiger charge is 2.45. The van der Waals surface area contributed by atoms with Gasteiger partial charge in [0.05, 0.1) is 11.5 Å². The van der Waals surface area contributed by atoms with Gasteiger partial charge in [-0.25, -0.2) is 4.39 Å². The highest BCUT2D eigenvalue weighted by molar-refractivity contribution is 5.35. The zero-order valence-corrected chi connectivity index (χ0v) is 19.2. The van der Waals surface area contributed by atoms with Gasteiger partial charge in [-0.15, -0.1) is 0 Å². The molecule has 0 spiro atoms. The van der Waals surface area contributed by atoms with E-state index >= 15 is 0 Å². The topological polar surface area (TPSA) is 27.0 Å². The normalized spacial score (nSPS) is 17.0. The van der Waals surface area contributed by atoms with Gasteiger partial charge in [0.2, 0.25) is 0 Å². The minimum Gasteiger partial charge on any atom is -0.300 e. The van der Waals surface area contributed by atoms with Crippen LogP contribution in [0.4, 0.5) is 4.39 Å². The molecule has 0 heterocycles. The van der Waals surface area contributed by atoms with Crippen molar-refractivity contribution in [1.29, 1.82) is 5.26 Å². The molecule has 0 aromatic heterocycles. The Morgan fingerprint density at radius 2 is 1.77 bits per heavy atom. The van der Waals surface area contributed by atoms with Gasteiger partial charge in [0.1, 0.15) is 5.82 Å². The third-order valence-electron chi connectivity index (χ3n) is 7.26. The van der Waals surface area contributed by atoms with E-state index in [-0.39, 0.29) is 11.7 Å². The Morgan fingerprint density at radius 1 is 1.06 bits per heavy atom. The summed E-state index contributed by atoms with van der Waals surface area (Å²) < 4.78 is 14.8. The molecule has 1 fully saturated rings. The summed E-state index contributed by atoms with van der Waals surface area (Å²) in [5.74, 6) is 0.0503. The molecule has 1 saturated carbocycles. The predicted octanol–water partition coefficient (Wildman–Crippen LogP) is 6.90. The summed E-state index contributed by atoms with van der Waals surface area (Å²) in [7, 11) is 0. The lowest BCUT2D eigenvalue weighted by molar-refractivity contribution is 0.146. The van der Waals surface area contributed by atoms with Crippen molar-refractivity contribution in [2.75, 3.05) is 13.1 Å². The fourth-order valence-corrected chi connectivity index (χ4v) is 5.21. The number of hydrogen-bond acceptors (Lipinski definition) is 2. The summed E-state index contributed by atoms with van der Waals surface area (Å²) in [6.07, 6.45) is 8.10. The lowest BCUT2D eigenvalue weighted by atomic mass is 9.60. The molecule has 0 bridgehead atoms. The number of benzene rings is 2. The van der Waals surface area contributed by atoms with E-state index in [0.29, 0.717) is 11.6 Å². The molecule has 3 rings (SSSR count). The molecular weight excluding hydrogens is 383 g/mol. The fourth-order valence-electron chi connectivity index (χ4n) is 5.21. The largest absolute Gasteiger partial charge is 0.300 e. The first-order valence-electron chi connectivity index (χ1n) is 12.1. The second-order valence-electron chi connectivity index (χ2n) is 9.06. The zero-order chi connectivity index (χ0) is 22.1. The van der Waals surface area contributed by atoms with Crippen LogP contribution in [0.5, 0.6) is 0 Å². The number of hydrogen-bond donors (Lipinski definition) is 0. The van der Waals surface area contributed by atoms with Gasteiger partial charge in [0, 0.05) is 18.2 Å². The molecule has 2 aromatic rings. The number of halogens is 1. The summed E-state index contributed by atoms with van der Waals surface area (Å²) in [6.45, 7) is 6.57. The summed E-state index contributed by atoms with van der Waals surface area (Å²) in [4.78, 5) is 2.59. The average molecular weight is 421 g/mol. The van der Waals surface area contributed by atoms with Crippen LogP contribution in [0.1, 0.15) is 69.9 Å². The van der Waals surface area contributed by atoms with Crippen molar-refractivity contribution in [2.24, 2.45) is 5.92 Å². The molecule has 1 aliphatic carbocycles. The van der Waals surface area contributed by atoms with Crippen molar-refractivity contribution in [1.82, 2.24) is 4.90 Å². The van der Waals surface area contributed by atoms with Gasteiger partial charge in [-0.3, -0.25) is 0 Å². The molecular formula is C28H37FN2. The van der Waals surface area contributed by atoms with Crippen molar-refractivity contribution in [3.05, 3.63) is 71.5 Å². The molecule has 31 heavy (non-hydrogen) atoms. The molecule has 2 unspecified atom stereocenters. The van der Waals surface area contributed by atoms with Gasteiger partial charge in [-0.1, -0.05) is 68.8 Å². The quantitative estimate of drug-likeness (QED) is 0.373. The number of rotatable bonds is 12. The lowest BCUT2D eigenvalue weighted by Gasteiger charge is -2.42. The van der Waals surface area contributed by atoms with E-state index in [2.05, 4.69) is 55.1 Å². The molecule has 2 atom stereocenters. The second-order valence-corrected chi connectivity index (χ2v) is 9.06. The molecule has 0 saturated heterocycles. The van der Waals surface area contributed by atoms with E-state index < -0.39 is 5.41 Å². The molecule has 0 radical (unpaired) electrons. The van der Waals surface area contributed by atoms with Gasteiger partial charge in [-0.05, 0) is 69.0 Å². The highest BCUT2D eigenvalue weighted by Crippen LogP contribution is 2.48. The van der Waals surface area contributed by atoms with Crippen LogP contribution in [0.15, 0.2) is 54.6 Å². The van der Waals surface area contributed by atoms with Gasteiger partial charge in [0.25, 0.3) is 0 Å². The Bertz CT molecular complexity index is 840. The minimum atomic E-state index is -0.700. The zero-order valence-electron chi connectivity index (χ0n) is 19.2. The van der Waals surface area contributed by atoms with Crippen LogP contribution in [0.2, 0.25) is 0 Å². The molecule has 0 N–H and O–H groups in total. The van der Waals surface area contributed by atoms with E-state index in [1.165, 1.54) is 11.6 Å². The first-order chi connectivity index (χ1) is 15.1. The highest BCUT2D eigenvalue weighted by atomic mass is 19.1. The maximum Gasteiger partial charge on any atom is 0.128 e. The van der Waals surface area contributed by atoms with Crippen molar-refractivity contribution in [2.45, 2.75) is 76.7 Å². The maximum atomic E-state index is 14.8. The van der Waals surface area contributed by atoms with Gasteiger partial charge >= 0.3 is 0 Å². The molecule has 2 aromatic carbocycles. The summed E-state index contributed by atoms with van der Waals surface area (Å²) in [6, 6.07) is 20.7. The first kappa shape index (κ1) is 23.5. The van der Waals surface area contributed by atoms with Crippen LogP contribution >= 0.6 is 0 Å². The second kappa shape index (κ2) is 11.4. The molecule has 3 heteroatoms. The van der Waals surface area contributed by atoms with Crippen molar-refractivity contribution in [3.8, 4) is 6.07 Å². The van der Waals surface area contributed by atoms with E-state index in [4.69, 9.17) is 0 Å². The smallest absolute Gasteiger partial charge is 0.128 e.